The largest absolute Gasteiger partial charge is 0.397 e. The van der Waals surface area contributed by atoms with Crippen molar-refractivity contribution in [3.8, 4) is 0 Å². The van der Waals surface area contributed by atoms with Crippen molar-refractivity contribution in [3.63, 3.8) is 0 Å². The van der Waals surface area contributed by atoms with Crippen LogP contribution in [0.15, 0.2) is 45.3 Å². The molecule has 0 bridgehead atoms. The average molecular weight is 413 g/mol. The quantitative estimate of drug-likeness (QED) is 0.656. The average Bonchev–Trinajstić information content (AvgIpc) is 2.45. The van der Waals surface area contributed by atoms with Crippen LogP contribution >= 0.6 is 31.9 Å². The first-order chi connectivity index (χ1) is 10.0. The van der Waals surface area contributed by atoms with Crippen LogP contribution in [-0.4, -0.2) is 12.5 Å². The second-order valence-corrected chi connectivity index (χ2v) is 6.09. The minimum absolute atomic E-state index is 0.119. The van der Waals surface area contributed by atoms with Crippen LogP contribution in [-0.2, 0) is 0 Å². The molecule has 2 rings (SSSR count). The Morgan fingerprint density at radius 3 is 2.48 bits per heavy atom. The van der Waals surface area contributed by atoms with E-state index in [-0.39, 0.29) is 5.91 Å². The van der Waals surface area contributed by atoms with Crippen LogP contribution < -0.4 is 16.4 Å². The minimum atomic E-state index is -0.119. The van der Waals surface area contributed by atoms with Crippen LogP contribution in [0.5, 0.6) is 0 Å². The molecule has 0 saturated carbocycles. The molecule has 110 valence electrons. The Labute approximate surface area is 140 Å². The van der Waals surface area contributed by atoms with Gasteiger partial charge in [0.05, 0.1) is 17.1 Å². The topological polar surface area (TPSA) is 67.2 Å². The van der Waals surface area contributed by atoms with Crippen LogP contribution in [0.25, 0.3) is 0 Å². The molecule has 0 aliphatic rings. The number of nitrogen functional groups attached to an aromatic ring is 1. The van der Waals surface area contributed by atoms with Crippen molar-refractivity contribution >= 4 is 54.8 Å². The van der Waals surface area contributed by atoms with E-state index in [9.17, 15) is 4.79 Å². The van der Waals surface area contributed by atoms with Gasteiger partial charge in [-0.25, -0.2) is 0 Å². The van der Waals surface area contributed by atoms with E-state index in [4.69, 9.17) is 5.73 Å². The molecular weight excluding hydrogens is 398 g/mol. The Morgan fingerprint density at radius 2 is 1.86 bits per heavy atom. The maximum atomic E-state index is 11.9. The summed E-state index contributed by atoms with van der Waals surface area (Å²) < 4.78 is 1.80. The fourth-order valence-electron chi connectivity index (χ4n) is 1.82. The van der Waals surface area contributed by atoms with Crippen molar-refractivity contribution < 1.29 is 4.79 Å². The van der Waals surface area contributed by atoms with E-state index in [1.807, 2.05) is 25.1 Å². The van der Waals surface area contributed by atoms with E-state index in [1.165, 1.54) is 0 Å². The Kier molecular flexibility index (Phi) is 5.25. The van der Waals surface area contributed by atoms with E-state index >= 15 is 0 Å². The van der Waals surface area contributed by atoms with Gasteiger partial charge in [0.1, 0.15) is 0 Å². The Bertz CT molecular complexity index is 654. The lowest BCUT2D eigenvalue weighted by Gasteiger charge is -2.14. The number of hydrogen-bond donors (Lipinski definition) is 3. The first-order valence-electron chi connectivity index (χ1n) is 6.41. The number of rotatable bonds is 4. The maximum Gasteiger partial charge on any atom is 0.251 e. The van der Waals surface area contributed by atoms with Crippen molar-refractivity contribution in [2.45, 2.75) is 6.92 Å². The molecule has 2 aromatic carbocycles. The normalized spacial score (nSPS) is 10.2. The Hall–Kier alpha value is -1.53. The molecule has 0 atom stereocenters. The van der Waals surface area contributed by atoms with Crippen molar-refractivity contribution in [1.29, 1.82) is 0 Å². The van der Waals surface area contributed by atoms with Gasteiger partial charge in [-0.3, -0.25) is 4.79 Å². The van der Waals surface area contributed by atoms with Gasteiger partial charge < -0.3 is 16.4 Å². The number of carbonyl (C=O) groups is 1. The van der Waals surface area contributed by atoms with Crippen molar-refractivity contribution in [2.75, 3.05) is 17.6 Å². The Morgan fingerprint density at radius 1 is 1.19 bits per heavy atom. The third kappa shape index (κ3) is 3.77. The zero-order chi connectivity index (χ0) is 15.4. The molecule has 0 fully saturated rings. The third-order valence-electron chi connectivity index (χ3n) is 2.88. The highest BCUT2D eigenvalue weighted by atomic mass is 79.9. The highest BCUT2D eigenvalue weighted by Crippen LogP contribution is 2.35. The van der Waals surface area contributed by atoms with Gasteiger partial charge in [0.2, 0.25) is 0 Å². The number of halogens is 2. The molecule has 0 aliphatic heterocycles. The van der Waals surface area contributed by atoms with Gasteiger partial charge in [-0.05, 0) is 69.1 Å². The predicted molar refractivity (Wildman–Crippen MR) is 94.0 cm³/mol. The fourth-order valence-corrected chi connectivity index (χ4v) is 3.02. The molecule has 6 heteroatoms. The van der Waals surface area contributed by atoms with E-state index < -0.39 is 0 Å². The number of nitrogens with one attached hydrogen (secondary N) is 2. The zero-order valence-corrected chi connectivity index (χ0v) is 14.6. The van der Waals surface area contributed by atoms with E-state index in [0.29, 0.717) is 23.5 Å². The first kappa shape index (κ1) is 15.9. The fraction of sp³-hybridized carbons (Fsp3) is 0.133. The second-order valence-electron chi connectivity index (χ2n) is 4.38. The van der Waals surface area contributed by atoms with Crippen molar-refractivity contribution in [2.24, 2.45) is 0 Å². The van der Waals surface area contributed by atoms with Gasteiger partial charge in [0.15, 0.2) is 0 Å². The van der Waals surface area contributed by atoms with Crippen molar-refractivity contribution in [1.82, 2.24) is 5.32 Å². The molecule has 0 heterocycles. The van der Waals surface area contributed by atoms with Crippen LogP contribution in [0.1, 0.15) is 17.3 Å². The number of benzene rings is 2. The summed E-state index contributed by atoms with van der Waals surface area (Å²) >= 11 is 6.98. The Balaban J connectivity index is 2.35. The molecule has 2 aromatic rings. The predicted octanol–water partition coefficient (Wildman–Crippen LogP) is 4.29. The monoisotopic (exact) mass is 411 g/mol. The van der Waals surface area contributed by atoms with Gasteiger partial charge in [-0.2, -0.15) is 0 Å². The smallest absolute Gasteiger partial charge is 0.251 e. The molecule has 4 nitrogen and oxygen atoms in total. The summed E-state index contributed by atoms with van der Waals surface area (Å²) in [6.45, 7) is 2.47. The molecule has 0 radical (unpaired) electrons. The van der Waals surface area contributed by atoms with Crippen LogP contribution in [0, 0.1) is 0 Å². The van der Waals surface area contributed by atoms with Gasteiger partial charge in [0.25, 0.3) is 5.91 Å². The van der Waals surface area contributed by atoms with Crippen LogP contribution in [0.4, 0.5) is 17.1 Å². The molecule has 0 aliphatic carbocycles. The number of carbonyl (C=O) groups excluding carboxylic acids is 1. The van der Waals surface area contributed by atoms with E-state index in [2.05, 4.69) is 42.5 Å². The lowest BCUT2D eigenvalue weighted by Crippen LogP contribution is -2.22. The number of anilines is 3. The van der Waals surface area contributed by atoms with Gasteiger partial charge in [0, 0.05) is 21.1 Å². The molecule has 21 heavy (non-hydrogen) atoms. The molecule has 0 unspecified atom stereocenters. The standard InChI is InChI=1S/C15H15Br2N3O/c1-2-19-15(21)9-6-7-12(18)13(8-9)20-14-10(16)4-3-5-11(14)17/h3-8,20H,2,18H2,1H3,(H,19,21). The highest BCUT2D eigenvalue weighted by molar-refractivity contribution is 9.11. The van der Waals surface area contributed by atoms with Gasteiger partial charge >= 0.3 is 0 Å². The zero-order valence-electron chi connectivity index (χ0n) is 11.4. The molecule has 4 N–H and O–H groups in total. The minimum Gasteiger partial charge on any atom is -0.397 e. The number of hydrogen-bond acceptors (Lipinski definition) is 3. The second kappa shape index (κ2) is 6.95. The molecule has 0 spiro atoms. The maximum absolute atomic E-state index is 11.9. The summed E-state index contributed by atoms with van der Waals surface area (Å²) in [4.78, 5) is 11.9. The summed E-state index contributed by atoms with van der Waals surface area (Å²) in [5.41, 5.74) is 8.67. The summed E-state index contributed by atoms with van der Waals surface area (Å²) in [5, 5.41) is 6.02. The summed E-state index contributed by atoms with van der Waals surface area (Å²) in [6, 6.07) is 11.0. The number of para-hydroxylation sites is 1. The van der Waals surface area contributed by atoms with Crippen molar-refractivity contribution in [3.05, 3.63) is 50.9 Å². The third-order valence-corrected chi connectivity index (χ3v) is 4.20. The highest BCUT2D eigenvalue weighted by Gasteiger charge is 2.10. The molecule has 0 saturated heterocycles. The summed E-state index contributed by atoms with van der Waals surface area (Å²) in [7, 11) is 0. The lowest BCUT2D eigenvalue weighted by atomic mass is 10.1. The molecule has 1 amide bonds. The van der Waals surface area contributed by atoms with E-state index in [0.717, 1.165) is 14.6 Å². The van der Waals surface area contributed by atoms with Gasteiger partial charge in [-0.1, -0.05) is 6.07 Å². The van der Waals surface area contributed by atoms with Gasteiger partial charge in [-0.15, -0.1) is 0 Å². The number of amides is 1. The lowest BCUT2D eigenvalue weighted by molar-refractivity contribution is 0.0956. The first-order valence-corrected chi connectivity index (χ1v) is 8.00. The van der Waals surface area contributed by atoms with E-state index in [1.54, 1.807) is 18.2 Å². The molecule has 0 aromatic heterocycles. The molecular formula is C15H15Br2N3O. The summed E-state index contributed by atoms with van der Waals surface area (Å²) in [5.74, 6) is -0.119. The number of nitrogens with two attached hydrogens (primary N) is 1. The van der Waals surface area contributed by atoms with Crippen LogP contribution in [0.3, 0.4) is 0 Å². The summed E-state index contributed by atoms with van der Waals surface area (Å²) in [6.07, 6.45) is 0. The van der Waals surface area contributed by atoms with Crippen LogP contribution in [0.2, 0.25) is 0 Å². The SMILES string of the molecule is CCNC(=O)c1ccc(N)c(Nc2c(Br)cccc2Br)c1.